The fraction of sp³-hybridized carbons (Fsp3) is 0.846. The van der Waals surface area contributed by atoms with Gasteiger partial charge in [-0.1, -0.05) is 13.3 Å². The van der Waals surface area contributed by atoms with E-state index < -0.39 is 0 Å². The lowest BCUT2D eigenvalue weighted by Gasteiger charge is -2.34. The highest BCUT2D eigenvalue weighted by atomic mass is 16.2. The normalized spacial score (nSPS) is 28.5. The van der Waals surface area contributed by atoms with Crippen LogP contribution in [0.2, 0.25) is 0 Å². The lowest BCUT2D eigenvalue weighted by molar-refractivity contribution is -0.119. The van der Waals surface area contributed by atoms with Crippen LogP contribution in [-0.2, 0) is 9.59 Å². The molecule has 17 heavy (non-hydrogen) atoms. The Balaban J connectivity index is 2.36. The highest BCUT2D eigenvalue weighted by Gasteiger charge is 2.27. The van der Waals surface area contributed by atoms with Gasteiger partial charge in [-0.15, -0.1) is 0 Å². The predicted molar refractivity (Wildman–Crippen MR) is 67.4 cm³/mol. The molecule has 0 radical (unpaired) electrons. The molecule has 1 fully saturated rings. The average Bonchev–Trinajstić information content (AvgIpc) is 2.26. The molecule has 0 aromatic heterocycles. The Bertz CT molecular complexity index is 279. The molecule has 4 heteroatoms. The largest absolute Gasteiger partial charge is 0.356 e. The van der Waals surface area contributed by atoms with Crippen molar-refractivity contribution in [2.45, 2.75) is 40.0 Å². The first-order valence-corrected chi connectivity index (χ1v) is 6.48. The summed E-state index contributed by atoms with van der Waals surface area (Å²) in [5, 5.41) is 5.79. The highest BCUT2D eigenvalue weighted by Crippen LogP contribution is 2.32. The summed E-state index contributed by atoms with van der Waals surface area (Å²) < 4.78 is 0. The summed E-state index contributed by atoms with van der Waals surface area (Å²) in [5.41, 5.74) is 0. The van der Waals surface area contributed by atoms with Gasteiger partial charge in [-0.25, -0.2) is 0 Å². The third-order valence-corrected chi connectivity index (χ3v) is 3.72. The molecule has 1 rings (SSSR count). The van der Waals surface area contributed by atoms with Gasteiger partial charge in [0.1, 0.15) is 0 Å². The minimum Gasteiger partial charge on any atom is -0.356 e. The number of nitrogens with one attached hydrogen (secondary N) is 2. The summed E-state index contributed by atoms with van der Waals surface area (Å²) >= 11 is 0. The number of carbonyl (C=O) groups is 2. The van der Waals surface area contributed by atoms with Crippen molar-refractivity contribution in [2.75, 3.05) is 13.1 Å². The second-order valence-corrected chi connectivity index (χ2v) is 5.29. The Kier molecular flexibility index (Phi) is 5.45. The Labute approximate surface area is 104 Å². The maximum atomic E-state index is 10.9. The molecule has 0 aromatic rings. The summed E-state index contributed by atoms with van der Waals surface area (Å²) in [6.45, 7) is 6.91. The summed E-state index contributed by atoms with van der Waals surface area (Å²) in [5.74, 6) is 1.86. The van der Waals surface area contributed by atoms with Gasteiger partial charge in [-0.3, -0.25) is 9.59 Å². The topological polar surface area (TPSA) is 58.2 Å². The summed E-state index contributed by atoms with van der Waals surface area (Å²) in [6, 6.07) is 0. The molecule has 0 heterocycles. The first-order valence-electron chi connectivity index (χ1n) is 6.48. The number of hydrogen-bond acceptors (Lipinski definition) is 2. The van der Waals surface area contributed by atoms with E-state index in [1.165, 1.54) is 12.8 Å². The third-order valence-electron chi connectivity index (χ3n) is 3.72. The molecular weight excluding hydrogens is 216 g/mol. The van der Waals surface area contributed by atoms with Gasteiger partial charge in [0.25, 0.3) is 0 Å². The van der Waals surface area contributed by atoms with Gasteiger partial charge in [0.05, 0.1) is 0 Å². The van der Waals surface area contributed by atoms with Gasteiger partial charge in [0.15, 0.2) is 0 Å². The van der Waals surface area contributed by atoms with Crippen molar-refractivity contribution < 1.29 is 9.59 Å². The molecular formula is C13H24N2O2. The standard InChI is InChI=1S/C13H24N2O2/c1-9-4-5-12(7-14-10(2)16)6-13(9)8-15-11(3)17/h9,12-13H,4-8H2,1-3H3,(H,14,16)(H,15,17). The van der Waals surface area contributed by atoms with Gasteiger partial charge in [0.2, 0.25) is 11.8 Å². The minimum absolute atomic E-state index is 0.0428. The number of rotatable bonds is 4. The van der Waals surface area contributed by atoms with Gasteiger partial charge in [-0.2, -0.15) is 0 Å². The molecule has 98 valence electrons. The van der Waals surface area contributed by atoms with Gasteiger partial charge in [0, 0.05) is 26.9 Å². The second-order valence-electron chi connectivity index (χ2n) is 5.29. The molecule has 1 aliphatic carbocycles. The van der Waals surface area contributed by atoms with Crippen LogP contribution in [0.4, 0.5) is 0 Å². The quantitative estimate of drug-likeness (QED) is 0.778. The van der Waals surface area contributed by atoms with Crippen LogP contribution in [0.25, 0.3) is 0 Å². The van der Waals surface area contributed by atoms with E-state index in [1.807, 2.05) is 0 Å². The molecule has 0 aromatic carbocycles. The van der Waals surface area contributed by atoms with Crippen molar-refractivity contribution in [3.8, 4) is 0 Å². The maximum Gasteiger partial charge on any atom is 0.216 e. The molecule has 0 aliphatic heterocycles. The van der Waals surface area contributed by atoms with E-state index >= 15 is 0 Å². The molecule has 0 bridgehead atoms. The Hall–Kier alpha value is -1.06. The van der Waals surface area contributed by atoms with E-state index in [9.17, 15) is 9.59 Å². The smallest absolute Gasteiger partial charge is 0.216 e. The van der Waals surface area contributed by atoms with Crippen molar-refractivity contribution in [3.05, 3.63) is 0 Å². The maximum absolute atomic E-state index is 10.9. The van der Waals surface area contributed by atoms with Crippen LogP contribution in [0.5, 0.6) is 0 Å². The van der Waals surface area contributed by atoms with Crippen LogP contribution in [0.15, 0.2) is 0 Å². The van der Waals surface area contributed by atoms with Crippen LogP contribution in [0, 0.1) is 17.8 Å². The van der Waals surface area contributed by atoms with E-state index in [1.54, 1.807) is 13.8 Å². The first kappa shape index (κ1) is 14.0. The first-order chi connectivity index (χ1) is 7.99. The van der Waals surface area contributed by atoms with Crippen LogP contribution >= 0.6 is 0 Å². The average molecular weight is 240 g/mol. The molecule has 1 saturated carbocycles. The molecule has 1 aliphatic rings. The summed E-state index contributed by atoms with van der Waals surface area (Å²) in [4.78, 5) is 21.8. The number of amides is 2. The lowest BCUT2D eigenvalue weighted by atomic mass is 9.75. The Morgan fingerprint density at radius 2 is 1.65 bits per heavy atom. The lowest BCUT2D eigenvalue weighted by Crippen LogP contribution is -2.37. The Morgan fingerprint density at radius 1 is 1.06 bits per heavy atom. The van der Waals surface area contributed by atoms with Crippen molar-refractivity contribution in [2.24, 2.45) is 17.8 Å². The predicted octanol–water partition coefficient (Wildman–Crippen LogP) is 1.31. The van der Waals surface area contributed by atoms with E-state index in [0.29, 0.717) is 17.8 Å². The number of hydrogen-bond donors (Lipinski definition) is 2. The van der Waals surface area contributed by atoms with Gasteiger partial charge >= 0.3 is 0 Å². The van der Waals surface area contributed by atoms with Crippen molar-refractivity contribution in [1.82, 2.24) is 10.6 Å². The summed E-state index contributed by atoms with van der Waals surface area (Å²) in [6.07, 6.45) is 3.47. The molecule has 0 saturated heterocycles. The summed E-state index contributed by atoms with van der Waals surface area (Å²) in [7, 11) is 0. The Morgan fingerprint density at radius 3 is 2.24 bits per heavy atom. The van der Waals surface area contributed by atoms with E-state index in [0.717, 1.165) is 19.5 Å². The van der Waals surface area contributed by atoms with E-state index in [2.05, 4.69) is 17.6 Å². The zero-order valence-electron chi connectivity index (χ0n) is 11.1. The molecule has 2 amide bonds. The SMILES string of the molecule is CC(=O)NCC1CCC(C)C(CNC(C)=O)C1. The molecule has 3 unspecified atom stereocenters. The zero-order chi connectivity index (χ0) is 12.8. The van der Waals surface area contributed by atoms with E-state index in [-0.39, 0.29) is 11.8 Å². The van der Waals surface area contributed by atoms with Gasteiger partial charge < -0.3 is 10.6 Å². The van der Waals surface area contributed by atoms with Crippen molar-refractivity contribution in [1.29, 1.82) is 0 Å². The third kappa shape index (κ3) is 5.20. The molecule has 3 atom stereocenters. The second kappa shape index (κ2) is 6.62. The van der Waals surface area contributed by atoms with Crippen molar-refractivity contribution in [3.63, 3.8) is 0 Å². The fourth-order valence-corrected chi connectivity index (χ4v) is 2.55. The van der Waals surface area contributed by atoms with Crippen LogP contribution in [0.3, 0.4) is 0 Å². The van der Waals surface area contributed by atoms with Gasteiger partial charge in [-0.05, 0) is 30.6 Å². The molecule has 0 spiro atoms. The van der Waals surface area contributed by atoms with Crippen LogP contribution < -0.4 is 10.6 Å². The number of carbonyl (C=O) groups excluding carboxylic acids is 2. The van der Waals surface area contributed by atoms with Crippen molar-refractivity contribution >= 4 is 11.8 Å². The highest BCUT2D eigenvalue weighted by molar-refractivity contribution is 5.73. The van der Waals surface area contributed by atoms with E-state index in [4.69, 9.17) is 0 Å². The van der Waals surface area contributed by atoms with Crippen LogP contribution in [-0.4, -0.2) is 24.9 Å². The van der Waals surface area contributed by atoms with Crippen LogP contribution in [0.1, 0.15) is 40.0 Å². The monoisotopic (exact) mass is 240 g/mol. The minimum atomic E-state index is 0.0428. The molecule has 4 nitrogen and oxygen atoms in total. The fourth-order valence-electron chi connectivity index (χ4n) is 2.55. The zero-order valence-corrected chi connectivity index (χ0v) is 11.1. The molecule has 2 N–H and O–H groups in total.